The molecule has 4 heteroatoms. The summed E-state index contributed by atoms with van der Waals surface area (Å²) >= 11 is 0. The van der Waals surface area contributed by atoms with Crippen LogP contribution in [0.3, 0.4) is 0 Å². The fraction of sp³-hybridized carbons (Fsp3) is 0. The van der Waals surface area contributed by atoms with Gasteiger partial charge < -0.3 is 9.90 Å². The smallest absolute Gasteiger partial charge is 0.545 e. The molecule has 94 valence electrons. The standard InChI is InChI=1S/C16H12O3.Na/c17-15(13-7-2-1-3-8-13)11-10-12-6-4-5-9-14(12)16(18)19;/h1-11H,(H,18,19);/q;+1/p-1/b11-10+;. The Morgan fingerprint density at radius 3 is 2.15 bits per heavy atom. The molecule has 0 fully saturated rings. The molecule has 2 aromatic rings. The Hall–Kier alpha value is -1.68. The topological polar surface area (TPSA) is 57.2 Å². The number of ketones is 1. The van der Waals surface area contributed by atoms with Crippen LogP contribution < -0.4 is 34.7 Å². The first-order valence-electron chi connectivity index (χ1n) is 5.76. The molecule has 2 aromatic carbocycles. The fourth-order valence-corrected chi connectivity index (χ4v) is 1.69. The molecule has 0 unspecified atom stereocenters. The fourth-order valence-electron chi connectivity index (χ4n) is 1.69. The van der Waals surface area contributed by atoms with Crippen molar-refractivity contribution >= 4 is 17.8 Å². The third-order valence-electron chi connectivity index (χ3n) is 2.65. The van der Waals surface area contributed by atoms with Crippen molar-refractivity contribution in [2.45, 2.75) is 0 Å². The number of carboxylic acid groups (broad SMARTS) is 1. The average Bonchev–Trinajstić information content (AvgIpc) is 2.46. The van der Waals surface area contributed by atoms with E-state index in [0.717, 1.165) is 0 Å². The number of benzene rings is 2. The van der Waals surface area contributed by atoms with E-state index in [2.05, 4.69) is 0 Å². The first-order valence-corrected chi connectivity index (χ1v) is 5.76. The molecule has 3 nitrogen and oxygen atoms in total. The molecule has 0 N–H and O–H groups in total. The molecule has 0 bridgehead atoms. The Morgan fingerprint density at radius 2 is 1.50 bits per heavy atom. The van der Waals surface area contributed by atoms with Gasteiger partial charge in [-0.05, 0) is 11.6 Å². The molecule has 2 rings (SSSR count). The summed E-state index contributed by atoms with van der Waals surface area (Å²) in [5, 5.41) is 10.9. The summed E-state index contributed by atoms with van der Waals surface area (Å²) in [5.41, 5.74) is 1.08. The van der Waals surface area contributed by atoms with E-state index in [0.29, 0.717) is 11.1 Å². The Labute approximate surface area is 139 Å². The molecular formula is C16H11NaO3. The molecular weight excluding hydrogens is 263 g/mol. The minimum Gasteiger partial charge on any atom is -0.545 e. The van der Waals surface area contributed by atoms with E-state index < -0.39 is 5.97 Å². The van der Waals surface area contributed by atoms with E-state index in [9.17, 15) is 14.7 Å². The van der Waals surface area contributed by atoms with Crippen LogP contribution in [0.5, 0.6) is 0 Å². The van der Waals surface area contributed by atoms with Crippen molar-refractivity contribution in [1.82, 2.24) is 0 Å². The second-order valence-electron chi connectivity index (χ2n) is 3.94. The summed E-state index contributed by atoms with van der Waals surface area (Å²) in [5.74, 6) is -1.43. The van der Waals surface area contributed by atoms with Gasteiger partial charge in [0.25, 0.3) is 0 Å². The molecule has 0 heterocycles. The quantitative estimate of drug-likeness (QED) is 0.406. The second-order valence-corrected chi connectivity index (χ2v) is 3.94. The maximum atomic E-state index is 11.8. The van der Waals surface area contributed by atoms with Crippen molar-refractivity contribution in [3.8, 4) is 0 Å². The molecule has 0 atom stereocenters. The minimum absolute atomic E-state index is 0. The minimum atomic E-state index is -1.26. The number of allylic oxidation sites excluding steroid dienone is 1. The Kier molecular flexibility index (Phi) is 6.39. The normalized spacial score (nSPS) is 10.0. The summed E-state index contributed by atoms with van der Waals surface area (Å²) < 4.78 is 0. The van der Waals surface area contributed by atoms with Crippen LogP contribution in [0.25, 0.3) is 6.08 Å². The van der Waals surface area contributed by atoms with Crippen molar-refractivity contribution in [3.05, 3.63) is 77.4 Å². The molecule has 0 saturated heterocycles. The molecule has 20 heavy (non-hydrogen) atoms. The van der Waals surface area contributed by atoms with Crippen LogP contribution in [0.1, 0.15) is 26.3 Å². The average molecular weight is 274 g/mol. The van der Waals surface area contributed by atoms with E-state index in [1.54, 1.807) is 42.5 Å². The number of carbonyl (C=O) groups is 2. The Morgan fingerprint density at radius 1 is 0.900 bits per heavy atom. The molecule has 0 aliphatic rings. The second kappa shape index (κ2) is 7.80. The Bertz CT molecular complexity index is 633. The molecule has 0 aliphatic carbocycles. The zero-order valence-corrected chi connectivity index (χ0v) is 13.1. The number of carboxylic acids is 1. The molecule has 0 aromatic heterocycles. The summed E-state index contributed by atoms with van der Waals surface area (Å²) in [6.45, 7) is 0. The van der Waals surface area contributed by atoms with Gasteiger partial charge in [-0.2, -0.15) is 0 Å². The molecule has 0 amide bonds. The van der Waals surface area contributed by atoms with Gasteiger partial charge in [-0.15, -0.1) is 0 Å². The van der Waals surface area contributed by atoms with Crippen LogP contribution >= 0.6 is 0 Å². The van der Waals surface area contributed by atoms with E-state index >= 15 is 0 Å². The predicted molar refractivity (Wildman–Crippen MR) is 70.6 cm³/mol. The van der Waals surface area contributed by atoms with E-state index in [1.165, 1.54) is 18.2 Å². The van der Waals surface area contributed by atoms with E-state index in [-0.39, 0.29) is 40.9 Å². The van der Waals surface area contributed by atoms with Gasteiger partial charge in [0, 0.05) is 11.1 Å². The molecule has 0 radical (unpaired) electrons. The third-order valence-corrected chi connectivity index (χ3v) is 2.65. The largest absolute Gasteiger partial charge is 1.00 e. The number of rotatable bonds is 4. The number of carbonyl (C=O) groups excluding carboxylic acids is 2. The summed E-state index contributed by atoms with van der Waals surface area (Å²) in [7, 11) is 0. The van der Waals surface area contributed by atoms with Crippen molar-refractivity contribution in [3.63, 3.8) is 0 Å². The van der Waals surface area contributed by atoms with Gasteiger partial charge in [0.15, 0.2) is 5.78 Å². The maximum Gasteiger partial charge on any atom is 1.00 e. The number of aromatic carboxylic acids is 1. The summed E-state index contributed by atoms with van der Waals surface area (Å²) in [6.07, 6.45) is 2.84. The van der Waals surface area contributed by atoms with Gasteiger partial charge in [0.05, 0.1) is 5.97 Å². The van der Waals surface area contributed by atoms with Gasteiger partial charge in [-0.1, -0.05) is 60.7 Å². The molecule has 0 spiro atoms. The monoisotopic (exact) mass is 274 g/mol. The maximum absolute atomic E-state index is 11.8. The zero-order valence-electron chi connectivity index (χ0n) is 11.1. The number of hydrogen-bond acceptors (Lipinski definition) is 3. The van der Waals surface area contributed by atoms with Crippen molar-refractivity contribution in [2.24, 2.45) is 0 Å². The van der Waals surface area contributed by atoms with Crippen LogP contribution in [0, 0.1) is 0 Å². The predicted octanol–water partition coefficient (Wildman–Crippen LogP) is -1.05. The van der Waals surface area contributed by atoms with E-state index in [4.69, 9.17) is 0 Å². The van der Waals surface area contributed by atoms with Crippen LogP contribution in [0.2, 0.25) is 0 Å². The third kappa shape index (κ3) is 4.17. The Balaban J connectivity index is 0.00000200. The van der Waals surface area contributed by atoms with Crippen molar-refractivity contribution < 1.29 is 44.3 Å². The SMILES string of the molecule is O=C(/C=C/c1ccccc1C(=O)[O-])c1ccccc1.[Na+]. The van der Waals surface area contributed by atoms with Gasteiger partial charge in [0.1, 0.15) is 0 Å². The molecule has 0 aliphatic heterocycles. The van der Waals surface area contributed by atoms with Crippen molar-refractivity contribution in [2.75, 3.05) is 0 Å². The number of hydrogen-bond donors (Lipinski definition) is 0. The van der Waals surface area contributed by atoms with E-state index in [1.807, 2.05) is 6.07 Å². The van der Waals surface area contributed by atoms with Crippen LogP contribution in [0.15, 0.2) is 60.7 Å². The van der Waals surface area contributed by atoms with Crippen LogP contribution in [0.4, 0.5) is 0 Å². The van der Waals surface area contributed by atoms with Crippen LogP contribution in [-0.2, 0) is 0 Å². The van der Waals surface area contributed by atoms with Gasteiger partial charge in [0.2, 0.25) is 0 Å². The zero-order chi connectivity index (χ0) is 13.7. The van der Waals surface area contributed by atoms with Crippen molar-refractivity contribution in [1.29, 1.82) is 0 Å². The van der Waals surface area contributed by atoms with Gasteiger partial charge in [-0.3, -0.25) is 4.79 Å². The summed E-state index contributed by atoms with van der Waals surface area (Å²) in [6, 6.07) is 15.2. The first kappa shape index (κ1) is 16.4. The first-order chi connectivity index (χ1) is 9.18. The summed E-state index contributed by atoms with van der Waals surface area (Å²) in [4.78, 5) is 22.8. The van der Waals surface area contributed by atoms with Gasteiger partial charge in [-0.25, -0.2) is 0 Å². The molecule has 0 saturated carbocycles. The van der Waals surface area contributed by atoms with Gasteiger partial charge >= 0.3 is 29.6 Å². The van der Waals surface area contributed by atoms with Crippen LogP contribution in [-0.4, -0.2) is 11.8 Å².